The summed E-state index contributed by atoms with van der Waals surface area (Å²) >= 11 is 0. The second-order valence-corrected chi connectivity index (χ2v) is 15.3. The Bertz CT molecular complexity index is 591. The van der Waals surface area contributed by atoms with E-state index in [1.807, 2.05) is 0 Å². The topological polar surface area (TPSA) is 44.8 Å². The van der Waals surface area contributed by atoms with Crippen molar-refractivity contribution in [3.05, 3.63) is 23.8 Å². The predicted octanol–water partition coefficient (Wildman–Crippen LogP) is 4.69. The summed E-state index contributed by atoms with van der Waals surface area (Å²) in [5, 5.41) is 0. The van der Waals surface area contributed by atoms with E-state index in [0.29, 0.717) is 5.57 Å². The van der Waals surface area contributed by atoms with E-state index in [0.717, 1.165) is 44.8 Å². The molecule has 1 heterocycles. The maximum atomic E-state index is 12.2. The smallest absolute Gasteiger partial charge is 0.334 e. The van der Waals surface area contributed by atoms with Crippen LogP contribution in [-0.2, 0) is 19.0 Å². The van der Waals surface area contributed by atoms with E-state index in [1.54, 1.807) is 0 Å². The highest BCUT2D eigenvalue weighted by atomic mass is 28.3. The number of fused-ring (bicyclic) bond motifs is 3. The van der Waals surface area contributed by atoms with Crippen LogP contribution < -0.4 is 0 Å². The Kier molecular flexibility index (Phi) is 5.80. The van der Waals surface area contributed by atoms with Gasteiger partial charge in [-0.1, -0.05) is 44.8 Å². The summed E-state index contributed by atoms with van der Waals surface area (Å²) in [6.07, 6.45) is 7.15. The number of esters is 1. The van der Waals surface area contributed by atoms with Crippen LogP contribution >= 0.6 is 0 Å². The second kappa shape index (κ2) is 7.61. The molecule has 0 unspecified atom stereocenters. The van der Waals surface area contributed by atoms with E-state index in [-0.39, 0.29) is 36.3 Å². The van der Waals surface area contributed by atoms with Gasteiger partial charge in [-0.05, 0) is 38.1 Å². The summed E-state index contributed by atoms with van der Waals surface area (Å²) in [4.78, 5) is 12.2. The molecule has 0 amide bonds. The molecular weight excluding hydrogens is 344 g/mol. The van der Waals surface area contributed by atoms with Gasteiger partial charge in [0.05, 0.1) is 0 Å². The van der Waals surface area contributed by atoms with Gasteiger partial charge in [-0.25, -0.2) is 4.79 Å². The lowest BCUT2D eigenvalue weighted by atomic mass is 9.65. The van der Waals surface area contributed by atoms with Gasteiger partial charge in [0, 0.05) is 31.6 Å². The van der Waals surface area contributed by atoms with E-state index in [9.17, 15) is 4.79 Å². The van der Waals surface area contributed by atoms with Crippen molar-refractivity contribution >= 4 is 14.0 Å². The molecule has 0 radical (unpaired) electrons. The fourth-order valence-corrected chi connectivity index (χ4v) is 5.31. The molecule has 4 atom stereocenters. The summed E-state index contributed by atoms with van der Waals surface area (Å²) in [5.41, 5.74) is 2.10. The molecule has 146 valence electrons. The molecule has 5 heteroatoms. The molecule has 1 saturated heterocycles. The van der Waals surface area contributed by atoms with Crippen molar-refractivity contribution in [3.8, 4) is 0 Å². The average Bonchev–Trinajstić information content (AvgIpc) is 2.81. The first-order chi connectivity index (χ1) is 12.2. The number of carbonyl (C=O) groups is 1. The van der Waals surface area contributed by atoms with Crippen LogP contribution in [0.3, 0.4) is 0 Å². The highest BCUT2D eigenvalue weighted by Gasteiger charge is 2.52. The van der Waals surface area contributed by atoms with Gasteiger partial charge in [-0.15, -0.1) is 0 Å². The molecule has 1 aliphatic heterocycles. The minimum absolute atomic E-state index is 0.0134. The third-order valence-electron chi connectivity index (χ3n) is 6.22. The molecule has 2 aliphatic carbocycles. The molecule has 4 nitrogen and oxygen atoms in total. The quantitative estimate of drug-likeness (QED) is 0.168. The fourth-order valence-electron chi connectivity index (χ4n) is 4.55. The lowest BCUT2D eigenvalue weighted by Gasteiger charge is -2.45. The standard InChI is InChI=1S/C21H34O4Si/c1-15-17-9-8-16-7-6-10-21(2,13-16)19(18(17)25-20(15)22)24-14-23-11-12-26(3,4)5/h7,17-19H,1,6,8-14H2,2-5H3/t17-,18+,19+,21-/m0/s1. The molecule has 0 N–H and O–H groups in total. The zero-order valence-corrected chi connectivity index (χ0v) is 17.8. The first-order valence-electron chi connectivity index (χ1n) is 9.97. The van der Waals surface area contributed by atoms with Crippen LogP contribution in [0.5, 0.6) is 0 Å². The van der Waals surface area contributed by atoms with E-state index in [4.69, 9.17) is 14.2 Å². The molecule has 3 aliphatic rings. The Morgan fingerprint density at radius 1 is 1.38 bits per heavy atom. The summed E-state index contributed by atoms with van der Waals surface area (Å²) in [6.45, 7) is 14.3. The molecule has 2 bridgehead atoms. The van der Waals surface area contributed by atoms with E-state index < -0.39 is 8.07 Å². The van der Waals surface area contributed by atoms with Gasteiger partial charge < -0.3 is 14.2 Å². The van der Waals surface area contributed by atoms with E-state index in [1.165, 1.54) is 5.57 Å². The molecular formula is C21H34O4Si. The maximum Gasteiger partial charge on any atom is 0.334 e. The Labute approximate surface area is 159 Å². The molecule has 3 rings (SSSR count). The van der Waals surface area contributed by atoms with Gasteiger partial charge in [0.2, 0.25) is 0 Å². The lowest BCUT2D eigenvalue weighted by Crippen LogP contribution is -2.48. The van der Waals surface area contributed by atoms with Crippen molar-refractivity contribution in [3.63, 3.8) is 0 Å². The van der Waals surface area contributed by atoms with Crippen LogP contribution in [0.1, 0.15) is 39.0 Å². The molecule has 1 saturated carbocycles. The van der Waals surface area contributed by atoms with Gasteiger partial charge in [-0.3, -0.25) is 0 Å². The van der Waals surface area contributed by atoms with Crippen LogP contribution in [-0.4, -0.2) is 39.7 Å². The SMILES string of the molecule is C=C1C(=O)O[C@H]2[C@@H](OCOCC[Si](C)(C)C)[C@@]3(C)CCC=C(CC[C@@H]12)C3. The number of ether oxygens (including phenoxy) is 3. The van der Waals surface area contributed by atoms with E-state index in [2.05, 4.69) is 39.2 Å². The molecule has 0 spiro atoms. The molecule has 0 aromatic rings. The summed E-state index contributed by atoms with van der Waals surface area (Å²) in [5.74, 6) is -0.183. The van der Waals surface area contributed by atoms with Crippen LogP contribution in [0.15, 0.2) is 23.8 Å². The number of rotatable bonds is 6. The van der Waals surface area contributed by atoms with Crippen molar-refractivity contribution in [2.24, 2.45) is 11.3 Å². The summed E-state index contributed by atoms with van der Waals surface area (Å²) in [7, 11) is -1.11. The minimum atomic E-state index is -1.11. The molecule has 0 aromatic heterocycles. The normalized spacial score (nSPS) is 34.6. The van der Waals surface area contributed by atoms with Gasteiger partial charge in [0.25, 0.3) is 0 Å². The first-order valence-corrected chi connectivity index (χ1v) is 13.7. The third kappa shape index (κ3) is 4.32. The Hall–Kier alpha value is -0.913. The maximum absolute atomic E-state index is 12.2. The zero-order valence-electron chi connectivity index (χ0n) is 16.8. The zero-order chi connectivity index (χ0) is 18.9. The van der Waals surface area contributed by atoms with Gasteiger partial charge in [-0.2, -0.15) is 0 Å². The van der Waals surface area contributed by atoms with Crippen molar-refractivity contribution in [1.29, 1.82) is 0 Å². The van der Waals surface area contributed by atoms with Crippen molar-refractivity contribution in [2.45, 2.75) is 76.9 Å². The Balaban J connectivity index is 1.71. The molecule has 2 fully saturated rings. The van der Waals surface area contributed by atoms with Crippen LogP contribution in [0.4, 0.5) is 0 Å². The minimum Gasteiger partial charge on any atom is -0.456 e. The predicted molar refractivity (Wildman–Crippen MR) is 106 cm³/mol. The first kappa shape index (κ1) is 19.8. The van der Waals surface area contributed by atoms with Crippen molar-refractivity contribution in [1.82, 2.24) is 0 Å². The highest BCUT2D eigenvalue weighted by molar-refractivity contribution is 6.76. The second-order valence-electron chi connectivity index (χ2n) is 9.70. The largest absolute Gasteiger partial charge is 0.456 e. The van der Waals surface area contributed by atoms with Gasteiger partial charge in [0.1, 0.15) is 19.0 Å². The van der Waals surface area contributed by atoms with Crippen LogP contribution in [0.25, 0.3) is 0 Å². The van der Waals surface area contributed by atoms with Crippen molar-refractivity contribution in [2.75, 3.05) is 13.4 Å². The Morgan fingerprint density at radius 3 is 2.88 bits per heavy atom. The van der Waals surface area contributed by atoms with Crippen LogP contribution in [0, 0.1) is 11.3 Å². The van der Waals surface area contributed by atoms with E-state index >= 15 is 0 Å². The molecule has 0 aromatic carbocycles. The third-order valence-corrected chi connectivity index (χ3v) is 7.92. The monoisotopic (exact) mass is 378 g/mol. The van der Waals surface area contributed by atoms with Crippen molar-refractivity contribution < 1.29 is 19.0 Å². The van der Waals surface area contributed by atoms with Crippen LogP contribution in [0.2, 0.25) is 25.7 Å². The fraction of sp³-hybridized carbons (Fsp3) is 0.762. The van der Waals surface area contributed by atoms with Gasteiger partial charge in [0.15, 0.2) is 0 Å². The number of carbonyl (C=O) groups excluding carboxylic acids is 1. The number of hydrogen-bond donors (Lipinski definition) is 0. The summed E-state index contributed by atoms with van der Waals surface area (Å²) in [6, 6.07) is 1.13. The Morgan fingerprint density at radius 2 is 2.15 bits per heavy atom. The lowest BCUT2D eigenvalue weighted by molar-refractivity contribution is -0.183. The molecule has 26 heavy (non-hydrogen) atoms. The number of hydrogen-bond acceptors (Lipinski definition) is 4. The highest BCUT2D eigenvalue weighted by Crippen LogP contribution is 2.49. The average molecular weight is 379 g/mol. The number of allylic oxidation sites excluding steroid dienone is 2. The van der Waals surface area contributed by atoms with Gasteiger partial charge >= 0.3 is 5.97 Å². The summed E-state index contributed by atoms with van der Waals surface area (Å²) < 4.78 is 17.8.